The van der Waals surface area contributed by atoms with Crippen LogP contribution in [0.1, 0.15) is 30.9 Å². The fourth-order valence-corrected chi connectivity index (χ4v) is 2.40. The van der Waals surface area contributed by atoms with Crippen LogP contribution in [0, 0.1) is 19.8 Å². The second-order valence-electron chi connectivity index (χ2n) is 5.42. The first-order chi connectivity index (χ1) is 8.56. The molecule has 1 aromatic rings. The first-order valence-electron chi connectivity index (χ1n) is 6.69. The van der Waals surface area contributed by atoms with Gasteiger partial charge in [-0.05, 0) is 55.9 Å². The number of rotatable bonds is 1. The molecule has 1 N–H and O–H groups in total. The number of anilines is 1. The Bertz CT molecular complexity index is 442. The van der Waals surface area contributed by atoms with Gasteiger partial charge in [0.15, 0.2) is 0 Å². The topological polar surface area (TPSA) is 32.3 Å². The first-order valence-corrected chi connectivity index (χ1v) is 6.69. The molecule has 18 heavy (non-hydrogen) atoms. The Morgan fingerprint density at radius 3 is 2.78 bits per heavy atom. The van der Waals surface area contributed by atoms with Crippen molar-refractivity contribution in [2.24, 2.45) is 5.92 Å². The number of hydrogen-bond acceptors (Lipinski definition) is 1. The van der Waals surface area contributed by atoms with Gasteiger partial charge in [0.25, 0.3) is 0 Å². The lowest BCUT2D eigenvalue weighted by Gasteiger charge is -2.31. The number of piperidine rings is 1. The third-order valence-corrected chi connectivity index (χ3v) is 3.70. The highest BCUT2D eigenvalue weighted by atomic mass is 16.2. The smallest absolute Gasteiger partial charge is 0.321 e. The van der Waals surface area contributed by atoms with E-state index in [0.29, 0.717) is 5.92 Å². The number of benzene rings is 1. The van der Waals surface area contributed by atoms with Gasteiger partial charge < -0.3 is 10.2 Å². The van der Waals surface area contributed by atoms with Crippen molar-refractivity contribution < 1.29 is 4.79 Å². The van der Waals surface area contributed by atoms with Crippen molar-refractivity contribution >= 4 is 11.7 Å². The molecule has 0 aromatic heterocycles. The van der Waals surface area contributed by atoms with Gasteiger partial charge in [0.2, 0.25) is 0 Å². The Hall–Kier alpha value is -1.51. The van der Waals surface area contributed by atoms with Gasteiger partial charge in [0.05, 0.1) is 0 Å². The summed E-state index contributed by atoms with van der Waals surface area (Å²) in [7, 11) is 0. The van der Waals surface area contributed by atoms with E-state index in [1.165, 1.54) is 17.5 Å². The van der Waals surface area contributed by atoms with Gasteiger partial charge in [0, 0.05) is 18.8 Å². The molecular formula is C15H22N2O. The number of aryl methyl sites for hydroxylation is 2. The van der Waals surface area contributed by atoms with E-state index in [-0.39, 0.29) is 6.03 Å². The van der Waals surface area contributed by atoms with E-state index in [9.17, 15) is 4.79 Å². The Morgan fingerprint density at radius 2 is 2.11 bits per heavy atom. The molecule has 0 aliphatic carbocycles. The van der Waals surface area contributed by atoms with E-state index in [0.717, 1.165) is 25.2 Å². The summed E-state index contributed by atoms with van der Waals surface area (Å²) in [5.41, 5.74) is 3.35. The van der Waals surface area contributed by atoms with E-state index in [1.807, 2.05) is 23.1 Å². The maximum Gasteiger partial charge on any atom is 0.321 e. The Balaban J connectivity index is 2.00. The number of carbonyl (C=O) groups excluding carboxylic acids is 1. The number of carbonyl (C=O) groups is 1. The average molecular weight is 246 g/mol. The normalized spacial score (nSPS) is 19.7. The van der Waals surface area contributed by atoms with E-state index < -0.39 is 0 Å². The fraction of sp³-hybridized carbons (Fsp3) is 0.533. The van der Waals surface area contributed by atoms with Crippen molar-refractivity contribution in [3.8, 4) is 0 Å². The van der Waals surface area contributed by atoms with E-state index >= 15 is 0 Å². The summed E-state index contributed by atoms with van der Waals surface area (Å²) < 4.78 is 0. The van der Waals surface area contributed by atoms with Crippen LogP contribution < -0.4 is 5.32 Å². The second-order valence-corrected chi connectivity index (χ2v) is 5.42. The summed E-state index contributed by atoms with van der Waals surface area (Å²) in [6.07, 6.45) is 2.34. The summed E-state index contributed by atoms with van der Waals surface area (Å²) in [5.74, 6) is 0.615. The van der Waals surface area contributed by atoms with Crippen molar-refractivity contribution in [3.63, 3.8) is 0 Å². The van der Waals surface area contributed by atoms with Crippen LogP contribution in [0.2, 0.25) is 0 Å². The Kier molecular flexibility index (Phi) is 3.90. The summed E-state index contributed by atoms with van der Waals surface area (Å²) in [6.45, 7) is 8.09. The molecule has 0 bridgehead atoms. The Labute approximate surface area is 109 Å². The summed E-state index contributed by atoms with van der Waals surface area (Å²) in [4.78, 5) is 14.0. The second kappa shape index (κ2) is 5.42. The van der Waals surface area contributed by atoms with Gasteiger partial charge >= 0.3 is 6.03 Å². The van der Waals surface area contributed by atoms with E-state index in [1.54, 1.807) is 0 Å². The predicted octanol–water partition coefficient (Wildman–Crippen LogP) is 3.57. The number of hydrogen-bond donors (Lipinski definition) is 1. The van der Waals surface area contributed by atoms with Crippen molar-refractivity contribution in [2.45, 2.75) is 33.6 Å². The zero-order valence-corrected chi connectivity index (χ0v) is 11.5. The minimum Gasteiger partial charge on any atom is -0.324 e. The monoisotopic (exact) mass is 246 g/mol. The zero-order valence-electron chi connectivity index (χ0n) is 11.5. The zero-order chi connectivity index (χ0) is 13.1. The molecule has 1 aliphatic heterocycles. The predicted molar refractivity (Wildman–Crippen MR) is 74.9 cm³/mol. The van der Waals surface area contributed by atoms with E-state index in [2.05, 4.69) is 26.1 Å². The van der Waals surface area contributed by atoms with Crippen LogP contribution in [0.15, 0.2) is 18.2 Å². The van der Waals surface area contributed by atoms with Crippen molar-refractivity contribution in [1.29, 1.82) is 0 Å². The molecule has 1 aromatic carbocycles. The lowest BCUT2D eigenvalue weighted by Crippen LogP contribution is -2.41. The quantitative estimate of drug-likeness (QED) is 0.807. The van der Waals surface area contributed by atoms with Crippen molar-refractivity contribution in [3.05, 3.63) is 29.3 Å². The third-order valence-electron chi connectivity index (χ3n) is 3.70. The van der Waals surface area contributed by atoms with Crippen molar-refractivity contribution in [1.82, 2.24) is 4.90 Å². The van der Waals surface area contributed by atoms with Gasteiger partial charge in [-0.15, -0.1) is 0 Å². The maximum absolute atomic E-state index is 12.1. The highest BCUT2D eigenvalue weighted by molar-refractivity contribution is 5.89. The van der Waals surface area contributed by atoms with Crippen LogP contribution in [0.3, 0.4) is 0 Å². The molecule has 1 aliphatic rings. The lowest BCUT2D eigenvalue weighted by atomic mass is 10.0. The molecular weight excluding hydrogens is 224 g/mol. The average Bonchev–Trinajstić information content (AvgIpc) is 2.34. The minimum absolute atomic E-state index is 0.0322. The molecule has 1 saturated heterocycles. The van der Waals surface area contributed by atoms with Gasteiger partial charge in [-0.3, -0.25) is 0 Å². The standard InChI is InChI=1S/C15H22N2O/c1-11-5-4-8-17(10-11)15(18)16-14-7-6-12(2)13(3)9-14/h6-7,9,11H,4-5,8,10H2,1-3H3,(H,16,18)/t11-/m1/s1. The molecule has 1 fully saturated rings. The number of nitrogens with zero attached hydrogens (tertiary/aromatic N) is 1. The van der Waals surface area contributed by atoms with Crippen LogP contribution in [0.5, 0.6) is 0 Å². The van der Waals surface area contributed by atoms with Gasteiger partial charge in [-0.1, -0.05) is 13.0 Å². The molecule has 0 spiro atoms. The molecule has 2 rings (SSSR count). The maximum atomic E-state index is 12.1. The lowest BCUT2D eigenvalue weighted by molar-refractivity contribution is 0.182. The number of amides is 2. The van der Waals surface area contributed by atoms with Gasteiger partial charge in [-0.25, -0.2) is 4.79 Å². The summed E-state index contributed by atoms with van der Waals surface area (Å²) >= 11 is 0. The number of likely N-dealkylation sites (tertiary alicyclic amines) is 1. The van der Waals surface area contributed by atoms with Gasteiger partial charge in [-0.2, -0.15) is 0 Å². The number of nitrogens with one attached hydrogen (secondary N) is 1. The molecule has 0 saturated carbocycles. The molecule has 3 nitrogen and oxygen atoms in total. The number of urea groups is 1. The SMILES string of the molecule is Cc1ccc(NC(=O)N2CCC[C@@H](C)C2)cc1C. The molecule has 0 radical (unpaired) electrons. The van der Waals surface area contributed by atoms with E-state index in [4.69, 9.17) is 0 Å². The van der Waals surface area contributed by atoms with Crippen LogP contribution in [-0.2, 0) is 0 Å². The largest absolute Gasteiger partial charge is 0.324 e. The van der Waals surface area contributed by atoms with Gasteiger partial charge in [0.1, 0.15) is 0 Å². The van der Waals surface area contributed by atoms with Crippen LogP contribution >= 0.6 is 0 Å². The molecule has 0 unspecified atom stereocenters. The van der Waals surface area contributed by atoms with Crippen LogP contribution in [-0.4, -0.2) is 24.0 Å². The fourth-order valence-electron chi connectivity index (χ4n) is 2.40. The molecule has 1 atom stereocenters. The molecule has 98 valence electrons. The minimum atomic E-state index is 0.0322. The van der Waals surface area contributed by atoms with Crippen molar-refractivity contribution in [2.75, 3.05) is 18.4 Å². The van der Waals surface area contributed by atoms with Crippen LogP contribution in [0.25, 0.3) is 0 Å². The summed E-state index contributed by atoms with van der Waals surface area (Å²) in [5, 5.41) is 2.99. The molecule has 3 heteroatoms. The molecule has 2 amide bonds. The molecule has 1 heterocycles. The highest BCUT2D eigenvalue weighted by Crippen LogP contribution is 2.18. The highest BCUT2D eigenvalue weighted by Gasteiger charge is 2.20. The first kappa shape index (κ1) is 12.9. The Morgan fingerprint density at radius 1 is 1.33 bits per heavy atom. The summed E-state index contributed by atoms with van der Waals surface area (Å²) in [6, 6.07) is 6.07. The van der Waals surface area contributed by atoms with Crippen LogP contribution in [0.4, 0.5) is 10.5 Å². The third kappa shape index (κ3) is 3.03.